The van der Waals surface area contributed by atoms with Crippen LogP contribution in [0.2, 0.25) is 0 Å². The molecule has 0 amide bonds. The molecule has 0 aliphatic rings. The summed E-state index contributed by atoms with van der Waals surface area (Å²) in [4.78, 5) is 0. The van der Waals surface area contributed by atoms with Gasteiger partial charge in [-0.15, -0.1) is 0 Å². The minimum absolute atomic E-state index is 0.806. The van der Waals surface area contributed by atoms with Crippen LogP contribution in [0, 0.1) is 5.41 Å². The zero-order valence-corrected chi connectivity index (χ0v) is 5.36. The van der Waals surface area contributed by atoms with E-state index < -0.39 is 0 Å². The van der Waals surface area contributed by atoms with Crippen molar-refractivity contribution in [3.8, 4) is 0 Å². The lowest BCUT2D eigenvalue weighted by atomic mass is 10.2. The van der Waals surface area contributed by atoms with E-state index in [2.05, 4.69) is 0 Å². The molecule has 0 aromatic carbocycles. The molecule has 0 spiro atoms. The molecule has 0 rings (SSSR count). The number of nitrogens with two attached hydrogens (primary N) is 1. The van der Waals surface area contributed by atoms with Gasteiger partial charge in [-0.2, -0.15) is 0 Å². The Bertz CT molecular complexity index is 114. The van der Waals surface area contributed by atoms with Gasteiger partial charge in [0.2, 0.25) is 0 Å². The Morgan fingerprint density at radius 1 is 1.75 bits per heavy atom. The number of rotatable bonds is 2. The summed E-state index contributed by atoms with van der Waals surface area (Å²) >= 11 is 0. The van der Waals surface area contributed by atoms with Gasteiger partial charge in [-0.1, -0.05) is 6.92 Å². The first-order chi connectivity index (χ1) is 3.72. The van der Waals surface area contributed by atoms with E-state index >= 15 is 0 Å². The zero-order chi connectivity index (χ0) is 6.57. The molecule has 0 aliphatic carbocycles. The van der Waals surface area contributed by atoms with Crippen molar-refractivity contribution >= 4 is 6.21 Å². The molecule has 0 saturated carbocycles. The monoisotopic (exact) mass is 112 g/mol. The molecule has 0 aromatic heterocycles. The van der Waals surface area contributed by atoms with Gasteiger partial charge < -0.3 is 11.1 Å². The van der Waals surface area contributed by atoms with Crippen LogP contribution in [-0.4, -0.2) is 6.21 Å². The smallest absolute Gasteiger partial charge is 0.0224 e. The SMILES string of the molecule is CC/C(N)=C(\C)C=N. The lowest BCUT2D eigenvalue weighted by molar-refractivity contribution is 1.05. The molecule has 46 valence electrons. The highest BCUT2D eigenvalue weighted by atomic mass is 14.6. The average Bonchev–Trinajstić information content (AvgIpc) is 1.84. The summed E-state index contributed by atoms with van der Waals surface area (Å²) in [6, 6.07) is 0. The van der Waals surface area contributed by atoms with Crippen LogP contribution in [-0.2, 0) is 0 Å². The molecule has 0 saturated heterocycles. The van der Waals surface area contributed by atoms with Crippen LogP contribution in [0.1, 0.15) is 20.3 Å². The van der Waals surface area contributed by atoms with Crippen molar-refractivity contribution in [2.24, 2.45) is 5.73 Å². The second-order valence-corrected chi connectivity index (χ2v) is 1.71. The third-order valence-electron chi connectivity index (χ3n) is 1.10. The number of allylic oxidation sites excluding steroid dienone is 2. The van der Waals surface area contributed by atoms with E-state index in [1.54, 1.807) is 0 Å². The van der Waals surface area contributed by atoms with Crippen LogP contribution in [0.3, 0.4) is 0 Å². The van der Waals surface area contributed by atoms with Crippen LogP contribution < -0.4 is 5.73 Å². The molecule has 0 unspecified atom stereocenters. The van der Waals surface area contributed by atoms with Crippen LogP contribution in [0.5, 0.6) is 0 Å². The average molecular weight is 112 g/mol. The summed E-state index contributed by atoms with van der Waals surface area (Å²) in [6.07, 6.45) is 2.11. The van der Waals surface area contributed by atoms with Crippen LogP contribution in [0.25, 0.3) is 0 Å². The van der Waals surface area contributed by atoms with Crippen molar-refractivity contribution in [1.29, 1.82) is 5.41 Å². The fourth-order valence-electron chi connectivity index (χ4n) is 0.372. The van der Waals surface area contributed by atoms with E-state index in [1.165, 1.54) is 6.21 Å². The molecule has 0 heterocycles. The maximum Gasteiger partial charge on any atom is 0.0224 e. The molecule has 3 N–H and O–H groups in total. The van der Waals surface area contributed by atoms with Crippen LogP contribution in [0.15, 0.2) is 11.3 Å². The molecule has 0 radical (unpaired) electrons. The van der Waals surface area contributed by atoms with Crippen LogP contribution in [0.4, 0.5) is 0 Å². The third kappa shape index (κ3) is 1.78. The van der Waals surface area contributed by atoms with Crippen molar-refractivity contribution in [2.45, 2.75) is 20.3 Å². The Morgan fingerprint density at radius 3 is 2.38 bits per heavy atom. The van der Waals surface area contributed by atoms with E-state index in [1.807, 2.05) is 13.8 Å². The molecule has 0 aliphatic heterocycles. The van der Waals surface area contributed by atoms with Crippen molar-refractivity contribution in [2.75, 3.05) is 0 Å². The van der Waals surface area contributed by atoms with E-state index in [0.29, 0.717) is 0 Å². The summed E-state index contributed by atoms with van der Waals surface area (Å²) < 4.78 is 0. The Balaban J connectivity index is 4.03. The number of hydrogen-bond acceptors (Lipinski definition) is 2. The predicted octanol–water partition coefficient (Wildman–Crippen LogP) is 1.28. The molecule has 0 bridgehead atoms. The maximum absolute atomic E-state index is 6.78. The van der Waals surface area contributed by atoms with Crippen molar-refractivity contribution in [3.05, 3.63) is 11.3 Å². The van der Waals surface area contributed by atoms with Gasteiger partial charge in [0.05, 0.1) is 0 Å². The molecule has 2 heteroatoms. The third-order valence-corrected chi connectivity index (χ3v) is 1.10. The molecule has 0 atom stereocenters. The number of nitrogens with one attached hydrogen (secondary N) is 1. The molecule has 0 fully saturated rings. The van der Waals surface area contributed by atoms with E-state index in [4.69, 9.17) is 11.1 Å². The van der Waals surface area contributed by atoms with Gasteiger partial charge in [0.25, 0.3) is 0 Å². The highest BCUT2D eigenvalue weighted by Gasteiger charge is 1.87. The van der Waals surface area contributed by atoms with E-state index in [-0.39, 0.29) is 0 Å². The van der Waals surface area contributed by atoms with Crippen molar-refractivity contribution in [3.63, 3.8) is 0 Å². The summed E-state index contributed by atoms with van der Waals surface area (Å²) in [5, 5.41) is 6.78. The molecule has 8 heavy (non-hydrogen) atoms. The maximum atomic E-state index is 6.78. The fraction of sp³-hybridized carbons (Fsp3) is 0.500. The Labute approximate surface area is 49.9 Å². The Hall–Kier alpha value is -0.790. The topological polar surface area (TPSA) is 49.9 Å². The van der Waals surface area contributed by atoms with Gasteiger partial charge in [-0.05, 0) is 18.9 Å². The lowest BCUT2D eigenvalue weighted by Gasteiger charge is -1.95. The summed E-state index contributed by atoms with van der Waals surface area (Å²) in [6.45, 7) is 3.81. The van der Waals surface area contributed by atoms with Crippen LogP contribution >= 0.6 is 0 Å². The van der Waals surface area contributed by atoms with Gasteiger partial charge in [0.1, 0.15) is 0 Å². The molecule has 2 nitrogen and oxygen atoms in total. The van der Waals surface area contributed by atoms with Gasteiger partial charge in [-0.3, -0.25) is 0 Å². The second kappa shape index (κ2) is 3.24. The normalized spacial score (nSPS) is 12.8. The van der Waals surface area contributed by atoms with Gasteiger partial charge in [-0.25, -0.2) is 0 Å². The van der Waals surface area contributed by atoms with Gasteiger partial charge in [0.15, 0.2) is 0 Å². The number of hydrogen-bond donors (Lipinski definition) is 2. The largest absolute Gasteiger partial charge is 0.402 e. The molecular weight excluding hydrogens is 100 g/mol. The van der Waals surface area contributed by atoms with E-state index in [9.17, 15) is 0 Å². The summed E-state index contributed by atoms with van der Waals surface area (Å²) in [5.74, 6) is 0. The standard InChI is InChI=1S/C6H12N2/c1-3-6(8)5(2)4-7/h4,7H,3,8H2,1-2H3/b6-5-,7-4?. The summed E-state index contributed by atoms with van der Waals surface area (Å²) in [7, 11) is 0. The van der Waals surface area contributed by atoms with Crippen molar-refractivity contribution in [1.82, 2.24) is 0 Å². The highest BCUT2D eigenvalue weighted by molar-refractivity contribution is 5.75. The van der Waals surface area contributed by atoms with Gasteiger partial charge >= 0.3 is 0 Å². The minimum atomic E-state index is 0.806. The molecule has 0 aromatic rings. The Kier molecular flexibility index (Phi) is 2.92. The predicted molar refractivity (Wildman–Crippen MR) is 36.0 cm³/mol. The second-order valence-electron chi connectivity index (χ2n) is 1.71. The zero-order valence-electron chi connectivity index (χ0n) is 5.36. The first-order valence-corrected chi connectivity index (χ1v) is 2.68. The molecular formula is C6H12N2. The Morgan fingerprint density at radius 2 is 2.25 bits per heavy atom. The summed E-state index contributed by atoms with van der Waals surface area (Å²) in [5.41, 5.74) is 7.13. The van der Waals surface area contributed by atoms with Crippen molar-refractivity contribution < 1.29 is 0 Å². The highest BCUT2D eigenvalue weighted by Crippen LogP contribution is 1.96. The first-order valence-electron chi connectivity index (χ1n) is 2.68. The van der Waals surface area contributed by atoms with Gasteiger partial charge in [0, 0.05) is 11.9 Å². The fourth-order valence-corrected chi connectivity index (χ4v) is 0.372. The minimum Gasteiger partial charge on any atom is -0.402 e. The quantitative estimate of drug-likeness (QED) is 0.519. The van der Waals surface area contributed by atoms with E-state index in [0.717, 1.165) is 17.7 Å². The lowest BCUT2D eigenvalue weighted by Crippen LogP contribution is -1.99. The first kappa shape index (κ1) is 7.21.